The van der Waals surface area contributed by atoms with Crippen LogP contribution >= 0.6 is 22.6 Å². The number of nitrogens with one attached hydrogen (secondary N) is 3. The van der Waals surface area contributed by atoms with E-state index in [1.165, 1.54) is 5.69 Å². The highest BCUT2D eigenvalue weighted by atomic mass is 127. The summed E-state index contributed by atoms with van der Waals surface area (Å²) < 4.78 is 2.43. The number of carbonyl (C=O) groups is 3. The smallest absolute Gasteiger partial charge is 0.274 e. The average Bonchev–Trinajstić information content (AvgIpc) is 4.11. The highest BCUT2D eigenvalue weighted by Gasteiger charge is 2.41. The molecule has 9 rings (SSSR count). The first-order valence-electron chi connectivity index (χ1n) is 19.9. The molecule has 2 saturated carbocycles. The lowest BCUT2D eigenvalue weighted by atomic mass is 9.91. The summed E-state index contributed by atoms with van der Waals surface area (Å²) in [6.07, 6.45) is 6.56. The summed E-state index contributed by atoms with van der Waals surface area (Å²) in [6, 6.07) is 13.9. The molecule has 0 unspecified atom stereocenters. The van der Waals surface area contributed by atoms with Crippen LogP contribution < -0.4 is 20.9 Å². The maximum Gasteiger partial charge on any atom is 0.274 e. The van der Waals surface area contributed by atoms with Crippen molar-refractivity contribution in [3.63, 3.8) is 0 Å². The number of fused-ring (bicyclic) bond motifs is 3. The highest BCUT2D eigenvalue weighted by Crippen LogP contribution is 2.51. The number of aliphatic imine (C=N–C) groups is 1. The molecule has 3 N–H and O–H groups in total. The number of hydrogen-bond acceptors (Lipinski definition) is 11. The van der Waals surface area contributed by atoms with E-state index in [-0.39, 0.29) is 51.4 Å². The van der Waals surface area contributed by atoms with Crippen LogP contribution in [-0.4, -0.2) is 109 Å². The zero-order valence-corrected chi connectivity index (χ0v) is 34.4. The summed E-state index contributed by atoms with van der Waals surface area (Å²) in [5.74, 6) is 0.286. The van der Waals surface area contributed by atoms with Crippen LogP contribution in [0.1, 0.15) is 83.5 Å². The van der Waals surface area contributed by atoms with Crippen molar-refractivity contribution in [3.05, 3.63) is 71.4 Å². The third-order valence-electron chi connectivity index (χ3n) is 11.7. The maximum absolute atomic E-state index is 13.4. The van der Waals surface area contributed by atoms with E-state index in [1.54, 1.807) is 6.07 Å². The molecule has 4 fully saturated rings. The van der Waals surface area contributed by atoms with Crippen LogP contribution in [0.2, 0.25) is 0 Å². The SMILES string of the molecule is C=NC[C@H]1CCN(C(=O)c2cccc(CN3CC(n4ncc5c4[C@@H]([C@H](C)I)N(C)c4c(Nc6cc(NC(=O)C7CC7)nnc6C(=O)NC6CC6)cccc4-5)C3)n2)C1. The van der Waals surface area contributed by atoms with Gasteiger partial charge in [-0.05, 0) is 62.9 Å². The minimum atomic E-state index is -0.294. The van der Waals surface area contributed by atoms with Crippen molar-refractivity contribution in [3.8, 4) is 11.1 Å². The van der Waals surface area contributed by atoms with Gasteiger partial charge in [-0.2, -0.15) is 5.10 Å². The number of likely N-dealkylation sites (tertiary alicyclic amines) is 2. The van der Waals surface area contributed by atoms with E-state index in [1.807, 2.05) is 41.4 Å². The molecule has 3 atom stereocenters. The second-order valence-electron chi connectivity index (χ2n) is 16.1. The molecule has 15 nitrogen and oxygen atoms in total. The van der Waals surface area contributed by atoms with Crippen molar-refractivity contribution in [2.24, 2.45) is 16.8 Å². The monoisotopic (exact) mass is 882 g/mol. The van der Waals surface area contributed by atoms with Crippen LogP contribution in [-0.2, 0) is 11.3 Å². The Bertz CT molecular complexity index is 2230. The number of aromatic nitrogens is 5. The first-order valence-corrected chi connectivity index (χ1v) is 21.1. The first kappa shape index (κ1) is 37.6. The summed E-state index contributed by atoms with van der Waals surface area (Å²) in [7, 11) is 2.11. The number of amides is 3. The van der Waals surface area contributed by atoms with Gasteiger partial charge in [0.2, 0.25) is 5.91 Å². The van der Waals surface area contributed by atoms with Gasteiger partial charge in [-0.25, -0.2) is 4.98 Å². The molecule has 1 aromatic carbocycles. The molecule has 16 heteroatoms. The second kappa shape index (κ2) is 15.4. The molecule has 3 amide bonds. The van der Waals surface area contributed by atoms with E-state index in [2.05, 4.69) is 95.0 Å². The Labute approximate surface area is 345 Å². The van der Waals surface area contributed by atoms with E-state index < -0.39 is 0 Å². The van der Waals surface area contributed by atoms with Gasteiger partial charge in [-0.1, -0.05) is 47.7 Å². The van der Waals surface area contributed by atoms with Crippen molar-refractivity contribution in [2.45, 2.75) is 67.6 Å². The number of halogens is 1. The molecule has 0 radical (unpaired) electrons. The van der Waals surface area contributed by atoms with E-state index in [0.717, 1.165) is 79.9 Å². The van der Waals surface area contributed by atoms with Crippen LogP contribution in [0.4, 0.5) is 22.9 Å². The van der Waals surface area contributed by atoms with Gasteiger partial charge < -0.3 is 30.7 Å². The Morgan fingerprint density at radius 2 is 1.81 bits per heavy atom. The van der Waals surface area contributed by atoms with E-state index in [9.17, 15) is 14.4 Å². The number of anilines is 4. The molecule has 4 aromatic rings. The number of benzene rings is 1. The van der Waals surface area contributed by atoms with Crippen LogP contribution in [0, 0.1) is 11.8 Å². The summed E-state index contributed by atoms with van der Waals surface area (Å²) in [5.41, 5.74) is 7.12. The van der Waals surface area contributed by atoms with Gasteiger partial charge in [0, 0.05) is 79.4 Å². The van der Waals surface area contributed by atoms with Gasteiger partial charge in [0.05, 0.1) is 46.7 Å². The lowest BCUT2D eigenvalue weighted by molar-refractivity contribution is -0.117. The van der Waals surface area contributed by atoms with Crippen molar-refractivity contribution >= 4 is 69.9 Å². The lowest BCUT2D eigenvalue weighted by Gasteiger charge is -2.43. The van der Waals surface area contributed by atoms with Gasteiger partial charge in [0.15, 0.2) is 11.5 Å². The molecule has 57 heavy (non-hydrogen) atoms. The average molecular weight is 883 g/mol. The predicted octanol–water partition coefficient (Wildman–Crippen LogP) is 5.25. The molecule has 3 aliphatic heterocycles. The van der Waals surface area contributed by atoms with Crippen LogP contribution in [0.5, 0.6) is 0 Å². The van der Waals surface area contributed by atoms with Gasteiger partial charge in [-0.3, -0.25) is 24.0 Å². The Kier molecular flexibility index (Phi) is 10.2. The molecule has 0 spiro atoms. The normalized spacial score (nSPS) is 21.0. The molecule has 0 bridgehead atoms. The number of para-hydroxylation sites is 1. The Hall–Kier alpha value is -4.97. The van der Waals surface area contributed by atoms with Crippen molar-refractivity contribution in [2.75, 3.05) is 55.3 Å². The number of alkyl halides is 1. The molecule has 6 heterocycles. The Balaban J connectivity index is 0.946. The third kappa shape index (κ3) is 7.60. The quantitative estimate of drug-likeness (QED) is 0.0918. The first-order chi connectivity index (χ1) is 27.6. The van der Waals surface area contributed by atoms with E-state index >= 15 is 0 Å². The minimum absolute atomic E-state index is 0.00146. The summed E-state index contributed by atoms with van der Waals surface area (Å²) in [6.45, 7) is 10.2. The molecule has 296 valence electrons. The Morgan fingerprint density at radius 1 is 1.00 bits per heavy atom. The molecule has 2 aliphatic carbocycles. The van der Waals surface area contributed by atoms with Crippen molar-refractivity contribution < 1.29 is 14.4 Å². The Morgan fingerprint density at radius 3 is 2.56 bits per heavy atom. The molecule has 5 aliphatic rings. The largest absolute Gasteiger partial charge is 0.363 e. The molecular weight excluding hydrogens is 835 g/mol. The summed E-state index contributed by atoms with van der Waals surface area (Å²) in [4.78, 5) is 54.6. The highest BCUT2D eigenvalue weighted by molar-refractivity contribution is 14.1. The van der Waals surface area contributed by atoms with E-state index in [0.29, 0.717) is 42.8 Å². The zero-order chi connectivity index (χ0) is 39.4. The summed E-state index contributed by atoms with van der Waals surface area (Å²) in [5, 5.41) is 23.0. The molecule has 2 saturated heterocycles. The van der Waals surface area contributed by atoms with Gasteiger partial charge in [-0.15, -0.1) is 10.2 Å². The number of hydrogen-bond donors (Lipinski definition) is 3. The van der Waals surface area contributed by atoms with Gasteiger partial charge >= 0.3 is 0 Å². The van der Waals surface area contributed by atoms with Crippen LogP contribution in [0.3, 0.4) is 0 Å². The van der Waals surface area contributed by atoms with Gasteiger partial charge in [0.1, 0.15) is 5.69 Å². The lowest BCUT2D eigenvalue weighted by Crippen LogP contribution is -2.49. The summed E-state index contributed by atoms with van der Waals surface area (Å²) >= 11 is 2.51. The van der Waals surface area contributed by atoms with Gasteiger partial charge in [0.25, 0.3) is 11.8 Å². The second-order valence-corrected chi connectivity index (χ2v) is 18.1. The van der Waals surface area contributed by atoms with Crippen LogP contribution in [0.25, 0.3) is 11.1 Å². The number of nitrogens with zero attached hydrogens (tertiary/aromatic N) is 9. The third-order valence-corrected chi connectivity index (χ3v) is 12.4. The molecule has 3 aromatic heterocycles. The number of pyridine rings is 1. The van der Waals surface area contributed by atoms with Crippen molar-refractivity contribution in [1.29, 1.82) is 0 Å². The van der Waals surface area contributed by atoms with E-state index in [4.69, 9.17) is 10.1 Å². The number of carbonyl (C=O) groups excluding carboxylic acids is 3. The van der Waals surface area contributed by atoms with Crippen LogP contribution in [0.15, 0.2) is 53.7 Å². The topological polar surface area (TPSA) is 166 Å². The fourth-order valence-electron chi connectivity index (χ4n) is 8.42. The minimum Gasteiger partial charge on any atom is -0.363 e. The number of rotatable bonds is 13. The zero-order valence-electron chi connectivity index (χ0n) is 32.2. The standard InChI is InChI=1S/C41H47IN12O3/c1-23(42)36-38-30(18-44-54(38)28-21-52(22-28)20-27-6-4-9-32(45-27)41(57)53-15-14-24(19-53)17-43-2)29-7-5-8-31(37(29)51(36)3)47-33-16-34(48-39(55)25-10-11-25)49-50-35(33)40(56)46-26-12-13-26/h4-9,16,18,23-26,28,36H,2,10-15,17,19-22H2,1,3H3,(H,46,56)(H2,47,48,49,55)/t23-,24+,36+/m0/s1. The van der Waals surface area contributed by atoms with Crippen molar-refractivity contribution in [1.82, 2.24) is 40.1 Å². The predicted molar refractivity (Wildman–Crippen MR) is 226 cm³/mol. The fraction of sp³-hybridized carbons (Fsp3) is 0.463. The maximum atomic E-state index is 13.4. The fourth-order valence-corrected chi connectivity index (χ4v) is 9.25. The molecular formula is C41H47IN12O3.